The summed E-state index contributed by atoms with van der Waals surface area (Å²) in [4.78, 5) is 24.3. The molecule has 0 saturated carbocycles. The number of aliphatic carboxylic acids is 2. The number of carboxylic acid groups (broad SMARTS) is 2. The van der Waals surface area contributed by atoms with Crippen LogP contribution in [0.2, 0.25) is 0 Å². The molecule has 0 aliphatic carbocycles. The van der Waals surface area contributed by atoms with Crippen molar-refractivity contribution in [3.63, 3.8) is 0 Å². The lowest BCUT2D eigenvalue weighted by Gasteiger charge is -2.50. The van der Waals surface area contributed by atoms with Crippen LogP contribution in [0.4, 0.5) is 0 Å². The van der Waals surface area contributed by atoms with Gasteiger partial charge in [0, 0.05) is 37.7 Å². The molecule has 57 heavy (non-hydrogen) atoms. The normalized spacial score (nSPS) is 43.9. The molecule has 17 atom stereocenters. The third-order valence-corrected chi connectivity index (χ3v) is 14.9. The summed E-state index contributed by atoms with van der Waals surface area (Å²) in [7, 11) is 1.56. The molecule has 6 rings (SSSR count). The van der Waals surface area contributed by atoms with Crippen LogP contribution in [0.15, 0.2) is 24.3 Å². The maximum Gasteiger partial charge on any atom is 0.364 e. The minimum absolute atomic E-state index is 0.0121. The van der Waals surface area contributed by atoms with Crippen LogP contribution in [0.5, 0.6) is 0 Å². The molecule has 0 aromatic heterocycles. The molecular formula is C45H70O12. The van der Waals surface area contributed by atoms with Crippen molar-refractivity contribution in [2.45, 2.75) is 192 Å². The number of carboxylic acids is 2. The number of methoxy groups -OCH3 is 1. The second-order valence-electron chi connectivity index (χ2n) is 18.7. The fourth-order valence-corrected chi connectivity index (χ4v) is 11.2. The van der Waals surface area contributed by atoms with E-state index < -0.39 is 64.9 Å². The summed E-state index contributed by atoms with van der Waals surface area (Å²) in [6.45, 7) is 18.6. The largest absolute Gasteiger partial charge is 0.481 e. The van der Waals surface area contributed by atoms with E-state index in [1.807, 2.05) is 13.8 Å². The van der Waals surface area contributed by atoms with Gasteiger partial charge in [-0.15, -0.1) is 0 Å². The van der Waals surface area contributed by atoms with Crippen LogP contribution in [0.1, 0.15) is 125 Å². The van der Waals surface area contributed by atoms with Crippen molar-refractivity contribution in [3.05, 3.63) is 35.4 Å². The van der Waals surface area contributed by atoms with Gasteiger partial charge in [-0.25, -0.2) is 4.79 Å². The average molecular weight is 803 g/mol. The second-order valence-corrected chi connectivity index (χ2v) is 18.7. The van der Waals surface area contributed by atoms with Crippen LogP contribution in [0, 0.1) is 35.5 Å². The van der Waals surface area contributed by atoms with Crippen LogP contribution in [0.25, 0.3) is 0 Å². The molecule has 5 saturated heterocycles. The summed E-state index contributed by atoms with van der Waals surface area (Å²) in [6.07, 6.45) is 3.73. The van der Waals surface area contributed by atoms with E-state index in [2.05, 4.69) is 58.9 Å². The third-order valence-electron chi connectivity index (χ3n) is 14.9. The lowest BCUT2D eigenvalue weighted by Crippen LogP contribution is -2.58. The number of aryl methyl sites for hydroxylation is 1. The first-order chi connectivity index (χ1) is 26.8. The van der Waals surface area contributed by atoms with Gasteiger partial charge in [0.1, 0.15) is 0 Å². The van der Waals surface area contributed by atoms with E-state index in [1.54, 1.807) is 21.0 Å². The highest BCUT2D eigenvalue weighted by atomic mass is 16.7. The molecule has 12 heteroatoms. The van der Waals surface area contributed by atoms with E-state index in [0.717, 1.165) is 31.2 Å². The topological polar surface area (TPSA) is 159 Å². The van der Waals surface area contributed by atoms with Crippen molar-refractivity contribution in [3.8, 4) is 0 Å². The first-order valence-corrected chi connectivity index (χ1v) is 21.6. The molecule has 1 aromatic rings. The van der Waals surface area contributed by atoms with Gasteiger partial charge in [0.05, 0.1) is 66.5 Å². The zero-order chi connectivity index (χ0) is 41.7. The lowest BCUT2D eigenvalue weighted by atomic mass is 9.78. The van der Waals surface area contributed by atoms with Gasteiger partial charge in [0.2, 0.25) is 0 Å². The maximum absolute atomic E-state index is 12.2. The zero-order valence-electron chi connectivity index (χ0n) is 35.9. The Balaban J connectivity index is 1.20. The number of aliphatic hydroxyl groups is 1. The Morgan fingerprint density at radius 3 is 2.23 bits per heavy atom. The summed E-state index contributed by atoms with van der Waals surface area (Å²) in [5.74, 6) is -6.98. The molecule has 5 heterocycles. The van der Waals surface area contributed by atoms with Crippen LogP contribution in [0.3, 0.4) is 0 Å². The van der Waals surface area contributed by atoms with Crippen LogP contribution in [-0.2, 0) is 55.8 Å². The summed E-state index contributed by atoms with van der Waals surface area (Å²) < 4.78 is 46.9. The van der Waals surface area contributed by atoms with E-state index in [9.17, 15) is 24.9 Å². The van der Waals surface area contributed by atoms with Crippen LogP contribution in [-0.4, -0.2) is 99.9 Å². The Labute approximate surface area is 339 Å². The number of benzene rings is 1. The van der Waals surface area contributed by atoms with Crippen molar-refractivity contribution in [2.24, 2.45) is 35.5 Å². The minimum Gasteiger partial charge on any atom is -0.481 e. The second kappa shape index (κ2) is 17.1. The zero-order valence-corrected chi connectivity index (χ0v) is 35.9. The Hall–Kier alpha value is -2.16. The first-order valence-electron chi connectivity index (χ1n) is 21.6. The van der Waals surface area contributed by atoms with E-state index in [4.69, 9.17) is 33.2 Å². The fourth-order valence-electron chi connectivity index (χ4n) is 11.2. The smallest absolute Gasteiger partial charge is 0.364 e. The van der Waals surface area contributed by atoms with Gasteiger partial charge in [-0.05, 0) is 81.8 Å². The number of hydrogen-bond acceptors (Lipinski definition) is 10. The van der Waals surface area contributed by atoms with Gasteiger partial charge in [-0.2, -0.15) is 0 Å². The van der Waals surface area contributed by atoms with E-state index in [1.165, 1.54) is 5.56 Å². The van der Waals surface area contributed by atoms with Gasteiger partial charge in [0.15, 0.2) is 5.79 Å². The standard InChI is InChI=1S/C45H70O12/c1-11-31-13-15-32(16-14-31)24-52-34-23-44(55-38(28(34)6)29(7)37(51-10)30(8)40(46)47)20-19-42(9,57-44)35-17-18-43(12-2,54-35)39-26(4)22-33(53-39)36-25(3)21-27(5)45(50,56-36)41(48)49/h13-16,25-30,33-39,50H,11-12,17-24H2,1-10H3,(H,46,47)(H,48,49)/t25-,26-,27+,28+,29-,30-,33+,34-,35+,36-,37+,38+,39+,42-,43-,44+,45+/m0/s1. The molecule has 5 fully saturated rings. The number of carbonyl (C=O) groups is 2. The predicted molar refractivity (Wildman–Crippen MR) is 211 cm³/mol. The monoisotopic (exact) mass is 802 g/mol. The number of hydrogen-bond donors (Lipinski definition) is 3. The summed E-state index contributed by atoms with van der Waals surface area (Å²) in [6, 6.07) is 8.51. The number of ether oxygens (including phenoxy) is 7. The van der Waals surface area contributed by atoms with E-state index in [-0.39, 0.29) is 48.1 Å². The predicted octanol–water partition coefficient (Wildman–Crippen LogP) is 7.15. The highest BCUT2D eigenvalue weighted by Gasteiger charge is 2.63. The third kappa shape index (κ3) is 8.45. The molecule has 0 radical (unpaired) electrons. The highest BCUT2D eigenvalue weighted by molar-refractivity contribution is 5.75. The summed E-state index contributed by atoms with van der Waals surface area (Å²) in [5.41, 5.74) is 1.12. The van der Waals surface area contributed by atoms with Gasteiger partial charge < -0.3 is 48.5 Å². The van der Waals surface area contributed by atoms with Crippen molar-refractivity contribution in [1.29, 1.82) is 0 Å². The maximum atomic E-state index is 12.2. The summed E-state index contributed by atoms with van der Waals surface area (Å²) >= 11 is 0. The molecule has 12 nitrogen and oxygen atoms in total. The molecule has 5 aliphatic heterocycles. The minimum atomic E-state index is -2.25. The molecule has 1 spiro atoms. The van der Waals surface area contributed by atoms with Gasteiger partial charge in [-0.3, -0.25) is 4.79 Å². The molecule has 1 aromatic carbocycles. The van der Waals surface area contributed by atoms with Crippen molar-refractivity contribution in [1.82, 2.24) is 0 Å². The van der Waals surface area contributed by atoms with Gasteiger partial charge >= 0.3 is 11.9 Å². The molecule has 0 amide bonds. The molecule has 3 N–H and O–H groups in total. The number of rotatable bonds is 14. The Kier molecular flexibility index (Phi) is 13.3. The van der Waals surface area contributed by atoms with E-state index >= 15 is 0 Å². The molecule has 5 aliphatic rings. The van der Waals surface area contributed by atoms with Crippen molar-refractivity contribution < 1.29 is 58.1 Å². The summed E-state index contributed by atoms with van der Waals surface area (Å²) in [5, 5.41) is 30.8. The average Bonchev–Trinajstić information content (AvgIpc) is 3.90. The van der Waals surface area contributed by atoms with Crippen molar-refractivity contribution in [2.75, 3.05) is 7.11 Å². The van der Waals surface area contributed by atoms with Gasteiger partial charge in [0.25, 0.3) is 5.79 Å². The van der Waals surface area contributed by atoms with Crippen LogP contribution < -0.4 is 0 Å². The van der Waals surface area contributed by atoms with Crippen molar-refractivity contribution >= 4 is 11.9 Å². The molecule has 322 valence electrons. The SMILES string of the molecule is CCc1ccc(CO[C@H]2C[C@]3(CC[C@@](C)([C@H]4CC[C@@](CC)([C@@H]5O[C@@H]([C@H]6O[C@@](O)(C(=O)O)[C@H](C)C[C@@H]6C)C[C@@H]5C)O4)O3)O[C@@H]([C@@H](C)[C@@H](OC)[C@H](C)C(=O)O)[C@@H]2C)cc1. The Morgan fingerprint density at radius 1 is 0.930 bits per heavy atom. The fraction of sp³-hybridized carbons (Fsp3) is 0.822. The van der Waals surface area contributed by atoms with E-state index in [0.29, 0.717) is 38.7 Å². The Morgan fingerprint density at radius 2 is 1.61 bits per heavy atom. The first kappa shape index (κ1) is 44.4. The molecule has 0 bridgehead atoms. The molecule has 0 unspecified atom stereocenters. The van der Waals surface area contributed by atoms with Gasteiger partial charge in [-0.1, -0.05) is 72.7 Å². The molecular weight excluding hydrogens is 732 g/mol. The lowest BCUT2D eigenvalue weighted by molar-refractivity contribution is -0.339. The highest BCUT2D eigenvalue weighted by Crippen LogP contribution is 2.55. The quantitative estimate of drug-likeness (QED) is 0.175. The van der Waals surface area contributed by atoms with Crippen LogP contribution >= 0.6 is 0 Å². The Bertz CT molecular complexity index is 1550.